The lowest BCUT2D eigenvalue weighted by atomic mass is 10.2. The monoisotopic (exact) mass is 459 g/mol. The lowest BCUT2D eigenvalue weighted by Crippen LogP contribution is -2.47. The van der Waals surface area contributed by atoms with E-state index < -0.39 is 16.6 Å². The third-order valence-electron chi connectivity index (χ3n) is 4.64. The summed E-state index contributed by atoms with van der Waals surface area (Å²) in [5.41, 5.74) is 0.828. The van der Waals surface area contributed by atoms with Crippen LogP contribution in [0.3, 0.4) is 0 Å². The number of likely N-dealkylation sites (N-methyl/N-ethyl adjacent to an activating group) is 1. The third kappa shape index (κ3) is 5.60. The van der Waals surface area contributed by atoms with Crippen LogP contribution in [-0.4, -0.2) is 69.6 Å². The maximum Gasteiger partial charge on any atom is 0.387 e. The van der Waals surface area contributed by atoms with Crippen molar-refractivity contribution in [2.45, 2.75) is 22.3 Å². The molecule has 2 heterocycles. The van der Waals surface area contributed by atoms with Gasteiger partial charge in [-0.2, -0.15) is 13.1 Å². The number of hydrogen-bond acceptors (Lipinski definition) is 7. The van der Waals surface area contributed by atoms with Crippen LogP contribution >= 0.6 is 11.8 Å². The maximum atomic E-state index is 12.7. The number of nitrogens with zero attached hydrogens (tertiary/aromatic N) is 3. The Hall–Kier alpha value is -1.95. The van der Waals surface area contributed by atoms with Gasteiger partial charge in [-0.3, -0.25) is 0 Å². The molecule has 1 aromatic carbocycles. The number of methoxy groups -OCH3 is 1. The molecular weight excluding hydrogens is 436 g/mol. The summed E-state index contributed by atoms with van der Waals surface area (Å²) in [6.45, 7) is -0.606. The SMILES string of the molecule is COc1cc(CSc2ccc(S(=O)(=O)N3CCN(C)CC3)cn2)ccc1OC(F)F. The summed E-state index contributed by atoms with van der Waals surface area (Å²) in [6, 6.07) is 7.94. The number of hydrogen-bond donors (Lipinski definition) is 0. The molecule has 0 bridgehead atoms. The van der Waals surface area contributed by atoms with Crippen LogP contribution in [0.25, 0.3) is 0 Å². The fraction of sp³-hybridized carbons (Fsp3) is 0.421. The fourth-order valence-corrected chi connectivity index (χ4v) is 5.09. The minimum Gasteiger partial charge on any atom is -0.493 e. The Morgan fingerprint density at radius 2 is 1.87 bits per heavy atom. The van der Waals surface area contributed by atoms with Crippen molar-refractivity contribution in [3.63, 3.8) is 0 Å². The van der Waals surface area contributed by atoms with Crippen molar-refractivity contribution >= 4 is 21.8 Å². The predicted molar refractivity (Wildman–Crippen MR) is 110 cm³/mol. The van der Waals surface area contributed by atoms with Gasteiger partial charge in [-0.15, -0.1) is 11.8 Å². The molecule has 2 aromatic rings. The molecule has 11 heteroatoms. The lowest BCUT2D eigenvalue weighted by molar-refractivity contribution is -0.0512. The molecule has 0 aliphatic carbocycles. The van der Waals surface area contributed by atoms with E-state index in [1.165, 1.54) is 35.4 Å². The zero-order valence-electron chi connectivity index (χ0n) is 16.6. The van der Waals surface area contributed by atoms with Gasteiger partial charge in [-0.05, 0) is 36.9 Å². The molecule has 3 rings (SSSR count). The summed E-state index contributed by atoms with van der Waals surface area (Å²) in [4.78, 5) is 6.52. The quantitative estimate of drug-likeness (QED) is 0.562. The number of rotatable bonds is 8. The molecule has 7 nitrogen and oxygen atoms in total. The molecule has 0 N–H and O–H groups in total. The summed E-state index contributed by atoms with van der Waals surface area (Å²) >= 11 is 1.40. The Bertz CT molecular complexity index is 951. The number of piperazine rings is 1. The van der Waals surface area contributed by atoms with Crippen molar-refractivity contribution in [1.29, 1.82) is 0 Å². The van der Waals surface area contributed by atoms with E-state index in [0.29, 0.717) is 37.0 Å². The molecule has 1 aliphatic heterocycles. The second kappa shape index (κ2) is 9.90. The van der Waals surface area contributed by atoms with Crippen LogP contribution in [0.4, 0.5) is 8.78 Å². The molecule has 0 unspecified atom stereocenters. The number of benzene rings is 1. The van der Waals surface area contributed by atoms with E-state index in [-0.39, 0.29) is 16.4 Å². The number of aromatic nitrogens is 1. The summed E-state index contributed by atoms with van der Waals surface area (Å²) < 4.78 is 61.3. The first-order valence-electron chi connectivity index (χ1n) is 9.19. The average molecular weight is 460 g/mol. The van der Waals surface area contributed by atoms with Crippen molar-refractivity contribution < 1.29 is 26.7 Å². The van der Waals surface area contributed by atoms with Crippen LogP contribution in [0.2, 0.25) is 0 Å². The van der Waals surface area contributed by atoms with Gasteiger partial charge >= 0.3 is 6.61 Å². The van der Waals surface area contributed by atoms with Crippen LogP contribution in [-0.2, 0) is 15.8 Å². The van der Waals surface area contributed by atoms with E-state index in [4.69, 9.17) is 4.74 Å². The molecule has 30 heavy (non-hydrogen) atoms. The molecule has 0 spiro atoms. The molecule has 164 valence electrons. The number of pyridine rings is 1. The van der Waals surface area contributed by atoms with Gasteiger partial charge in [0.15, 0.2) is 11.5 Å². The lowest BCUT2D eigenvalue weighted by Gasteiger charge is -2.31. The minimum atomic E-state index is -3.55. The first-order valence-corrected chi connectivity index (χ1v) is 11.6. The zero-order valence-corrected chi connectivity index (χ0v) is 18.3. The first-order chi connectivity index (χ1) is 14.3. The highest BCUT2D eigenvalue weighted by Gasteiger charge is 2.27. The van der Waals surface area contributed by atoms with E-state index in [2.05, 4.69) is 14.6 Å². The van der Waals surface area contributed by atoms with Gasteiger partial charge in [-0.25, -0.2) is 13.4 Å². The topological polar surface area (TPSA) is 72.0 Å². The minimum absolute atomic E-state index is 0.0298. The Kier molecular flexibility index (Phi) is 7.50. The maximum absolute atomic E-state index is 12.7. The Labute approximate surface area is 179 Å². The van der Waals surface area contributed by atoms with Gasteiger partial charge in [0, 0.05) is 38.1 Å². The molecule has 0 amide bonds. The van der Waals surface area contributed by atoms with Crippen LogP contribution < -0.4 is 9.47 Å². The van der Waals surface area contributed by atoms with Crippen LogP contribution in [0, 0.1) is 0 Å². The first kappa shape index (κ1) is 22.7. The standard InChI is InChI=1S/C19H23F2N3O4S2/c1-23-7-9-24(10-8-23)30(25,26)15-4-6-18(22-12-15)29-13-14-3-5-16(28-19(20)21)17(11-14)27-2/h3-6,11-12,19H,7-10,13H2,1-2H3. The number of thioether (sulfide) groups is 1. The average Bonchev–Trinajstić information content (AvgIpc) is 2.73. The van der Waals surface area contributed by atoms with E-state index in [1.54, 1.807) is 24.3 Å². The second-order valence-corrected chi connectivity index (χ2v) is 9.63. The van der Waals surface area contributed by atoms with Crippen molar-refractivity contribution in [1.82, 2.24) is 14.2 Å². The molecule has 0 atom stereocenters. The highest BCUT2D eigenvalue weighted by molar-refractivity contribution is 7.98. The summed E-state index contributed by atoms with van der Waals surface area (Å²) in [7, 11) is -0.204. The van der Waals surface area contributed by atoms with Crippen LogP contribution in [0.15, 0.2) is 46.5 Å². The fourth-order valence-electron chi connectivity index (χ4n) is 2.93. The molecule has 0 radical (unpaired) electrons. The molecular formula is C19H23F2N3O4S2. The van der Waals surface area contributed by atoms with Gasteiger partial charge < -0.3 is 14.4 Å². The van der Waals surface area contributed by atoms with E-state index in [0.717, 1.165) is 5.56 Å². The van der Waals surface area contributed by atoms with Crippen molar-refractivity contribution in [3.8, 4) is 11.5 Å². The highest BCUT2D eigenvalue weighted by atomic mass is 32.2. The molecule has 1 aliphatic rings. The van der Waals surface area contributed by atoms with E-state index in [1.807, 2.05) is 7.05 Å². The molecule has 0 saturated carbocycles. The van der Waals surface area contributed by atoms with Crippen molar-refractivity contribution in [3.05, 3.63) is 42.1 Å². The van der Waals surface area contributed by atoms with Gasteiger partial charge in [-0.1, -0.05) is 6.07 Å². The van der Waals surface area contributed by atoms with Gasteiger partial charge in [0.25, 0.3) is 0 Å². The Morgan fingerprint density at radius 1 is 1.13 bits per heavy atom. The number of halogens is 2. The van der Waals surface area contributed by atoms with Crippen LogP contribution in [0.5, 0.6) is 11.5 Å². The van der Waals surface area contributed by atoms with Crippen molar-refractivity contribution in [2.24, 2.45) is 0 Å². The molecule has 1 aromatic heterocycles. The van der Waals surface area contributed by atoms with E-state index >= 15 is 0 Å². The summed E-state index contributed by atoms with van der Waals surface area (Å²) in [5.74, 6) is 0.691. The predicted octanol–water partition coefficient (Wildman–Crippen LogP) is 2.92. The summed E-state index contributed by atoms with van der Waals surface area (Å²) in [6.07, 6.45) is 1.37. The summed E-state index contributed by atoms with van der Waals surface area (Å²) in [5, 5.41) is 0.652. The van der Waals surface area contributed by atoms with Gasteiger partial charge in [0.2, 0.25) is 10.0 Å². The van der Waals surface area contributed by atoms with Gasteiger partial charge in [0.1, 0.15) is 4.90 Å². The number of alkyl halides is 2. The zero-order chi connectivity index (χ0) is 21.7. The van der Waals surface area contributed by atoms with Gasteiger partial charge in [0.05, 0.1) is 12.1 Å². The van der Waals surface area contributed by atoms with Crippen LogP contribution in [0.1, 0.15) is 5.56 Å². The molecule has 1 saturated heterocycles. The molecule has 1 fully saturated rings. The highest BCUT2D eigenvalue weighted by Crippen LogP contribution is 2.32. The normalized spacial score (nSPS) is 16.0. The number of ether oxygens (including phenoxy) is 2. The smallest absolute Gasteiger partial charge is 0.387 e. The third-order valence-corrected chi connectivity index (χ3v) is 7.54. The Morgan fingerprint density at radius 3 is 2.47 bits per heavy atom. The second-order valence-electron chi connectivity index (χ2n) is 6.69. The largest absolute Gasteiger partial charge is 0.493 e. The van der Waals surface area contributed by atoms with Crippen molar-refractivity contribution in [2.75, 3.05) is 40.3 Å². The Balaban J connectivity index is 1.63. The van der Waals surface area contributed by atoms with E-state index in [9.17, 15) is 17.2 Å². The number of sulfonamides is 1.